The zero-order valence-corrected chi connectivity index (χ0v) is 22.3. The van der Waals surface area contributed by atoms with Gasteiger partial charge >= 0.3 is 17.9 Å². The summed E-state index contributed by atoms with van der Waals surface area (Å²) < 4.78 is 16.0. The fourth-order valence-corrected chi connectivity index (χ4v) is 4.67. The molecule has 1 saturated heterocycles. The van der Waals surface area contributed by atoms with E-state index in [1.807, 2.05) is 0 Å². The molecular weight excluding hydrogens is 450 g/mol. The number of rotatable bonds is 19. The number of hydrogen-bond acceptors (Lipinski definition) is 7. The molecule has 1 heterocycles. The highest BCUT2D eigenvalue weighted by Crippen LogP contribution is 2.33. The van der Waals surface area contributed by atoms with Crippen LogP contribution in [0, 0.1) is 0 Å². The minimum absolute atomic E-state index is 0.450. The van der Waals surface area contributed by atoms with E-state index in [9.17, 15) is 19.2 Å². The third-order valence-electron chi connectivity index (χ3n) is 6.48. The summed E-state index contributed by atoms with van der Waals surface area (Å²) in [6.45, 7) is 5.48. The lowest BCUT2D eigenvalue weighted by atomic mass is 9.90. The molecule has 8 heteroatoms. The highest BCUT2D eigenvalue weighted by atomic mass is 16.6. The predicted molar refractivity (Wildman–Crippen MR) is 134 cm³/mol. The zero-order valence-electron chi connectivity index (χ0n) is 22.3. The molecule has 0 aromatic rings. The van der Waals surface area contributed by atoms with E-state index in [2.05, 4.69) is 12.2 Å². The van der Waals surface area contributed by atoms with E-state index in [-0.39, 0.29) is 0 Å². The molecule has 3 atom stereocenters. The highest BCUT2D eigenvalue weighted by Gasteiger charge is 2.61. The van der Waals surface area contributed by atoms with Gasteiger partial charge in [0.05, 0.1) is 0 Å². The first kappa shape index (κ1) is 30.9. The van der Waals surface area contributed by atoms with Crippen molar-refractivity contribution in [3.8, 4) is 0 Å². The van der Waals surface area contributed by atoms with Crippen LogP contribution < -0.4 is 5.32 Å². The summed E-state index contributed by atoms with van der Waals surface area (Å²) >= 11 is 0. The number of amides is 1. The normalized spacial score (nSPS) is 21.4. The fraction of sp³-hybridized carbons (Fsp3) is 0.852. The molecule has 1 aliphatic rings. The van der Waals surface area contributed by atoms with Gasteiger partial charge in [0.15, 0.2) is 6.10 Å². The number of cyclic esters (lactones) is 1. The third kappa shape index (κ3) is 11.9. The van der Waals surface area contributed by atoms with E-state index in [0.717, 1.165) is 19.3 Å². The maximum absolute atomic E-state index is 12.8. The third-order valence-corrected chi connectivity index (χ3v) is 6.48. The first-order valence-electron chi connectivity index (χ1n) is 13.5. The molecule has 202 valence electrons. The zero-order chi connectivity index (χ0) is 26.1. The lowest BCUT2D eigenvalue weighted by Gasteiger charge is -2.31. The minimum Gasteiger partial charge on any atom is -0.463 e. The second-order valence-electron chi connectivity index (χ2n) is 9.79. The quantitative estimate of drug-likeness (QED) is 0.149. The van der Waals surface area contributed by atoms with Gasteiger partial charge in [0.25, 0.3) is 0 Å². The van der Waals surface area contributed by atoms with Crippen molar-refractivity contribution >= 4 is 23.8 Å². The van der Waals surface area contributed by atoms with Gasteiger partial charge in [0.1, 0.15) is 12.7 Å². The smallest absolute Gasteiger partial charge is 0.340 e. The number of ether oxygens (including phenoxy) is 3. The maximum atomic E-state index is 12.8. The van der Waals surface area contributed by atoms with E-state index in [4.69, 9.17) is 14.2 Å². The van der Waals surface area contributed by atoms with E-state index >= 15 is 0 Å². The van der Waals surface area contributed by atoms with Crippen molar-refractivity contribution in [2.45, 2.75) is 142 Å². The first-order chi connectivity index (χ1) is 16.7. The lowest BCUT2D eigenvalue weighted by Crippen LogP contribution is -2.63. The lowest BCUT2D eigenvalue weighted by molar-refractivity contribution is -0.159. The summed E-state index contributed by atoms with van der Waals surface area (Å²) in [5.74, 6) is -2.48. The first-order valence-corrected chi connectivity index (χ1v) is 13.5. The second kappa shape index (κ2) is 17.3. The van der Waals surface area contributed by atoms with E-state index in [1.54, 1.807) is 0 Å². The molecule has 35 heavy (non-hydrogen) atoms. The monoisotopic (exact) mass is 497 g/mol. The number of nitrogens with one attached hydrogen (secondary N) is 1. The van der Waals surface area contributed by atoms with E-state index in [0.29, 0.717) is 6.42 Å². The molecule has 0 radical (unpaired) electrons. The molecule has 0 unspecified atom stereocenters. The predicted octanol–water partition coefficient (Wildman–Crippen LogP) is 5.15. The van der Waals surface area contributed by atoms with Crippen LogP contribution in [0.5, 0.6) is 0 Å². The largest absolute Gasteiger partial charge is 0.463 e. The van der Waals surface area contributed by atoms with Crippen molar-refractivity contribution in [2.75, 3.05) is 6.61 Å². The molecule has 0 aromatic carbocycles. The van der Waals surface area contributed by atoms with Crippen molar-refractivity contribution in [1.82, 2.24) is 5.32 Å². The molecule has 1 rings (SSSR count). The van der Waals surface area contributed by atoms with Crippen molar-refractivity contribution in [1.29, 1.82) is 0 Å². The summed E-state index contributed by atoms with van der Waals surface area (Å²) in [6.07, 6.45) is 16.1. The van der Waals surface area contributed by atoms with Crippen LogP contribution in [0.2, 0.25) is 0 Å². The molecule has 0 spiro atoms. The van der Waals surface area contributed by atoms with Crippen molar-refractivity contribution in [3.63, 3.8) is 0 Å². The Hall–Kier alpha value is -2.12. The van der Waals surface area contributed by atoms with E-state index in [1.165, 1.54) is 91.4 Å². The Morgan fingerprint density at radius 1 is 0.800 bits per heavy atom. The van der Waals surface area contributed by atoms with Crippen LogP contribution in [0.15, 0.2) is 0 Å². The van der Waals surface area contributed by atoms with Crippen molar-refractivity contribution < 1.29 is 33.4 Å². The molecule has 0 aromatic heterocycles. The average molecular weight is 498 g/mol. The molecule has 1 amide bonds. The molecular formula is C27H47NO7. The molecule has 1 aliphatic heterocycles. The van der Waals surface area contributed by atoms with Crippen LogP contribution in [0.4, 0.5) is 0 Å². The SMILES string of the molecule is CCCCCCCCCCCCCCCC[C@H]1OC(=O)[C@@](COC(C)=O)(NC(C)=O)[C@H]1OC(C)=O. The van der Waals surface area contributed by atoms with Crippen molar-refractivity contribution in [3.05, 3.63) is 0 Å². The molecule has 0 bridgehead atoms. The molecule has 1 fully saturated rings. The van der Waals surface area contributed by atoms with Gasteiger partial charge in [0, 0.05) is 20.8 Å². The van der Waals surface area contributed by atoms with Crippen molar-refractivity contribution in [2.24, 2.45) is 0 Å². The van der Waals surface area contributed by atoms with Gasteiger partial charge in [-0.25, -0.2) is 4.79 Å². The number of esters is 3. The second-order valence-corrected chi connectivity index (χ2v) is 9.79. The fourth-order valence-electron chi connectivity index (χ4n) is 4.67. The number of unbranched alkanes of at least 4 members (excludes halogenated alkanes) is 13. The summed E-state index contributed by atoms with van der Waals surface area (Å²) in [4.78, 5) is 47.7. The van der Waals surface area contributed by atoms with Gasteiger partial charge in [-0.1, -0.05) is 90.4 Å². The van der Waals surface area contributed by atoms with Crippen LogP contribution in [0.25, 0.3) is 0 Å². The van der Waals surface area contributed by atoms with Crippen LogP contribution in [-0.4, -0.2) is 48.2 Å². The van der Waals surface area contributed by atoms with Crippen LogP contribution in [-0.2, 0) is 33.4 Å². The van der Waals surface area contributed by atoms with Gasteiger partial charge < -0.3 is 19.5 Å². The van der Waals surface area contributed by atoms with Gasteiger partial charge in [-0.15, -0.1) is 0 Å². The van der Waals surface area contributed by atoms with Crippen LogP contribution >= 0.6 is 0 Å². The Kier molecular flexibility index (Phi) is 15.3. The number of hydrogen-bond donors (Lipinski definition) is 1. The minimum atomic E-state index is -1.73. The van der Waals surface area contributed by atoms with E-state index < -0.39 is 48.2 Å². The van der Waals surface area contributed by atoms with Crippen LogP contribution in [0.3, 0.4) is 0 Å². The summed E-state index contributed by atoms with van der Waals surface area (Å²) in [6, 6.07) is 0. The highest BCUT2D eigenvalue weighted by molar-refractivity contribution is 5.91. The number of carbonyl (C=O) groups is 4. The molecule has 0 aliphatic carbocycles. The number of carbonyl (C=O) groups excluding carboxylic acids is 4. The van der Waals surface area contributed by atoms with Gasteiger partial charge in [-0.05, 0) is 12.8 Å². The maximum Gasteiger partial charge on any atom is 0.340 e. The Bertz CT molecular complexity index is 666. The van der Waals surface area contributed by atoms with Crippen LogP contribution in [0.1, 0.15) is 124 Å². The Morgan fingerprint density at radius 3 is 1.71 bits per heavy atom. The Balaban J connectivity index is 2.40. The average Bonchev–Trinajstić information content (AvgIpc) is 3.02. The summed E-state index contributed by atoms with van der Waals surface area (Å²) in [7, 11) is 0. The summed E-state index contributed by atoms with van der Waals surface area (Å²) in [5.41, 5.74) is -1.73. The van der Waals surface area contributed by atoms with Gasteiger partial charge in [-0.3, -0.25) is 14.4 Å². The summed E-state index contributed by atoms with van der Waals surface area (Å²) in [5, 5.41) is 2.53. The van der Waals surface area contributed by atoms with Gasteiger partial charge in [0.2, 0.25) is 11.4 Å². The molecule has 8 nitrogen and oxygen atoms in total. The molecule has 0 saturated carbocycles. The Morgan fingerprint density at radius 2 is 1.29 bits per heavy atom. The Labute approximate surface area is 211 Å². The van der Waals surface area contributed by atoms with Gasteiger partial charge in [-0.2, -0.15) is 0 Å². The molecule has 1 N–H and O–H groups in total. The topological polar surface area (TPSA) is 108 Å². The standard InChI is InChI=1S/C27H47NO7/c1-5-6-7-8-9-10-11-12-13-14-15-16-17-18-19-24-25(34-23(4)31)27(26(32)35-24,28-21(2)29)20-33-22(3)30/h24-25H,5-20H2,1-4H3,(H,28,29)/t24-,25+,27+/m1/s1.